The lowest BCUT2D eigenvalue weighted by Crippen LogP contribution is -2.33. The van der Waals surface area contributed by atoms with E-state index in [1.165, 1.54) is 24.1 Å². The number of methoxy groups -OCH3 is 1. The van der Waals surface area contributed by atoms with Crippen LogP contribution in [0, 0.1) is 18.7 Å². The van der Waals surface area contributed by atoms with Crippen LogP contribution in [0.4, 0.5) is 4.39 Å². The van der Waals surface area contributed by atoms with Gasteiger partial charge in [0, 0.05) is 20.1 Å². The number of ether oxygens (including phenoxy) is 1. The lowest BCUT2D eigenvalue weighted by Gasteiger charge is -2.28. The molecule has 1 heterocycles. The van der Waals surface area contributed by atoms with Gasteiger partial charge in [0.05, 0.1) is 18.6 Å². The second-order valence-corrected chi connectivity index (χ2v) is 5.17. The molecule has 114 valence electrons. The van der Waals surface area contributed by atoms with E-state index in [4.69, 9.17) is 4.74 Å². The largest absolute Gasteiger partial charge is 0.481 e. The van der Waals surface area contributed by atoms with Crippen LogP contribution >= 0.6 is 0 Å². The van der Waals surface area contributed by atoms with E-state index >= 15 is 0 Å². The van der Waals surface area contributed by atoms with Gasteiger partial charge in [0.1, 0.15) is 5.82 Å². The second-order valence-electron chi connectivity index (χ2n) is 5.17. The van der Waals surface area contributed by atoms with Crippen molar-refractivity contribution in [2.45, 2.75) is 19.4 Å². The highest BCUT2D eigenvalue weighted by molar-refractivity contribution is 5.87. The first-order valence-electron chi connectivity index (χ1n) is 6.73. The van der Waals surface area contributed by atoms with Gasteiger partial charge in [-0.05, 0) is 30.2 Å². The average Bonchev–Trinajstić information content (AvgIpc) is 2.74. The number of amides is 1. The number of likely N-dealkylation sites (tertiary alicyclic amines) is 1. The van der Waals surface area contributed by atoms with Gasteiger partial charge < -0.3 is 14.7 Å². The highest BCUT2D eigenvalue weighted by Crippen LogP contribution is 2.39. The number of rotatable bonds is 5. The summed E-state index contributed by atoms with van der Waals surface area (Å²) in [6, 6.07) is 3.62. The molecule has 5 nitrogen and oxygen atoms in total. The number of carbonyl (C=O) groups is 2. The fourth-order valence-electron chi connectivity index (χ4n) is 2.82. The van der Waals surface area contributed by atoms with Crippen molar-refractivity contribution in [3.8, 4) is 0 Å². The molecule has 0 spiro atoms. The molecule has 0 unspecified atom stereocenters. The number of carboxylic acid groups (broad SMARTS) is 1. The van der Waals surface area contributed by atoms with Gasteiger partial charge in [-0.25, -0.2) is 4.39 Å². The van der Waals surface area contributed by atoms with Crippen molar-refractivity contribution < 1.29 is 23.8 Å². The Hall–Kier alpha value is -1.95. The van der Waals surface area contributed by atoms with E-state index in [-0.39, 0.29) is 18.1 Å². The van der Waals surface area contributed by atoms with Crippen LogP contribution in [0.2, 0.25) is 0 Å². The summed E-state index contributed by atoms with van der Waals surface area (Å²) in [4.78, 5) is 25.1. The van der Waals surface area contributed by atoms with Crippen LogP contribution in [0.3, 0.4) is 0 Å². The summed E-state index contributed by atoms with van der Waals surface area (Å²) in [6.07, 6.45) is -0.0411. The number of aryl methyl sites for hydroxylation is 1. The molecule has 0 bridgehead atoms. The summed E-state index contributed by atoms with van der Waals surface area (Å²) < 4.78 is 18.2. The van der Waals surface area contributed by atoms with Crippen LogP contribution in [-0.4, -0.2) is 42.1 Å². The Morgan fingerprint density at radius 2 is 2.24 bits per heavy atom. The molecule has 21 heavy (non-hydrogen) atoms. The van der Waals surface area contributed by atoms with Crippen LogP contribution in [-0.2, 0) is 14.3 Å². The molecule has 1 aliphatic rings. The molecule has 1 saturated heterocycles. The highest BCUT2D eigenvalue weighted by Gasteiger charge is 2.44. The standard InChI is InChI=1S/C15H18FNO4/c1-9-7-10(16)3-4-11(9)14-12(15(19)20)8-13(18)17(14)5-6-21-2/h3-4,7,12,14H,5-6,8H2,1-2H3,(H,19,20)/t12-,14-/m0/s1. The van der Waals surface area contributed by atoms with Crippen molar-refractivity contribution in [2.24, 2.45) is 5.92 Å². The van der Waals surface area contributed by atoms with Gasteiger partial charge >= 0.3 is 5.97 Å². The summed E-state index contributed by atoms with van der Waals surface area (Å²) in [5.74, 6) is -2.43. The molecule has 1 aromatic rings. The minimum atomic E-state index is -1.02. The molecule has 1 aliphatic heterocycles. The maximum atomic E-state index is 13.2. The van der Waals surface area contributed by atoms with E-state index in [1.807, 2.05) is 0 Å². The predicted molar refractivity (Wildman–Crippen MR) is 73.2 cm³/mol. The van der Waals surface area contributed by atoms with E-state index in [1.54, 1.807) is 13.0 Å². The number of hydrogen-bond acceptors (Lipinski definition) is 3. The third-order valence-electron chi connectivity index (χ3n) is 3.84. The Balaban J connectivity index is 2.41. The van der Waals surface area contributed by atoms with Crippen LogP contribution in [0.1, 0.15) is 23.6 Å². The number of benzene rings is 1. The van der Waals surface area contributed by atoms with Crippen molar-refractivity contribution in [1.82, 2.24) is 4.90 Å². The highest BCUT2D eigenvalue weighted by atomic mass is 19.1. The number of hydrogen-bond donors (Lipinski definition) is 1. The molecule has 1 amide bonds. The summed E-state index contributed by atoms with van der Waals surface area (Å²) >= 11 is 0. The first-order chi connectivity index (χ1) is 9.95. The maximum Gasteiger partial charge on any atom is 0.309 e. The molecular weight excluding hydrogens is 277 g/mol. The van der Waals surface area contributed by atoms with Crippen LogP contribution in [0.15, 0.2) is 18.2 Å². The minimum absolute atomic E-state index is 0.0411. The zero-order valence-corrected chi connectivity index (χ0v) is 12.0. The first kappa shape index (κ1) is 15.4. The molecule has 0 aliphatic carbocycles. The van der Waals surface area contributed by atoms with Crippen LogP contribution < -0.4 is 0 Å². The van der Waals surface area contributed by atoms with Gasteiger partial charge in [-0.2, -0.15) is 0 Å². The number of carboxylic acids is 1. The molecule has 1 N–H and O–H groups in total. The fourth-order valence-corrected chi connectivity index (χ4v) is 2.82. The Morgan fingerprint density at radius 3 is 2.81 bits per heavy atom. The Labute approximate surface area is 122 Å². The minimum Gasteiger partial charge on any atom is -0.481 e. The molecule has 1 aromatic carbocycles. The average molecular weight is 295 g/mol. The predicted octanol–water partition coefficient (Wildman–Crippen LogP) is 1.75. The normalized spacial score (nSPS) is 21.9. The Bertz CT molecular complexity index is 561. The number of halogens is 1. The lowest BCUT2D eigenvalue weighted by atomic mass is 9.91. The van der Waals surface area contributed by atoms with Gasteiger partial charge in [-0.15, -0.1) is 0 Å². The summed E-state index contributed by atoms with van der Waals surface area (Å²) in [5, 5.41) is 9.37. The Morgan fingerprint density at radius 1 is 1.52 bits per heavy atom. The van der Waals surface area contributed by atoms with E-state index in [0.717, 1.165) is 0 Å². The topological polar surface area (TPSA) is 66.8 Å². The third-order valence-corrected chi connectivity index (χ3v) is 3.84. The number of aliphatic carboxylic acids is 1. The molecule has 0 radical (unpaired) electrons. The Kier molecular flexibility index (Phi) is 4.57. The lowest BCUT2D eigenvalue weighted by molar-refractivity contribution is -0.142. The summed E-state index contributed by atoms with van der Waals surface area (Å²) in [5.41, 5.74) is 1.31. The van der Waals surface area contributed by atoms with E-state index in [2.05, 4.69) is 0 Å². The monoisotopic (exact) mass is 295 g/mol. The molecule has 2 atom stereocenters. The number of carbonyl (C=O) groups excluding carboxylic acids is 1. The quantitative estimate of drug-likeness (QED) is 0.898. The fraction of sp³-hybridized carbons (Fsp3) is 0.467. The smallest absolute Gasteiger partial charge is 0.309 e. The van der Waals surface area contributed by atoms with Crippen molar-refractivity contribution in [1.29, 1.82) is 0 Å². The van der Waals surface area contributed by atoms with Gasteiger partial charge in [0.2, 0.25) is 5.91 Å². The molecule has 6 heteroatoms. The van der Waals surface area contributed by atoms with Crippen molar-refractivity contribution in [2.75, 3.05) is 20.3 Å². The van der Waals surface area contributed by atoms with E-state index in [9.17, 15) is 19.1 Å². The first-order valence-corrected chi connectivity index (χ1v) is 6.73. The van der Waals surface area contributed by atoms with Gasteiger partial charge in [0.15, 0.2) is 0 Å². The molecule has 1 fully saturated rings. The van der Waals surface area contributed by atoms with E-state index < -0.39 is 17.9 Å². The van der Waals surface area contributed by atoms with Gasteiger partial charge in [0.25, 0.3) is 0 Å². The SMILES string of the molecule is COCCN1C(=O)C[C@H](C(=O)O)[C@@H]1c1ccc(F)cc1C. The van der Waals surface area contributed by atoms with Gasteiger partial charge in [-0.3, -0.25) is 9.59 Å². The zero-order chi connectivity index (χ0) is 15.6. The van der Waals surface area contributed by atoms with Crippen LogP contribution in [0.5, 0.6) is 0 Å². The van der Waals surface area contributed by atoms with Crippen molar-refractivity contribution >= 4 is 11.9 Å². The summed E-state index contributed by atoms with van der Waals surface area (Å²) in [6.45, 7) is 2.37. The van der Waals surface area contributed by atoms with Crippen molar-refractivity contribution in [3.05, 3.63) is 35.1 Å². The van der Waals surface area contributed by atoms with E-state index in [0.29, 0.717) is 24.3 Å². The molecular formula is C15H18FNO4. The molecule has 0 saturated carbocycles. The number of nitrogens with zero attached hydrogens (tertiary/aromatic N) is 1. The maximum absolute atomic E-state index is 13.2. The second kappa shape index (κ2) is 6.22. The molecule has 0 aromatic heterocycles. The van der Waals surface area contributed by atoms with Gasteiger partial charge in [-0.1, -0.05) is 6.07 Å². The van der Waals surface area contributed by atoms with Crippen molar-refractivity contribution in [3.63, 3.8) is 0 Å². The zero-order valence-electron chi connectivity index (χ0n) is 12.0. The molecule has 2 rings (SSSR count). The third kappa shape index (κ3) is 3.05. The summed E-state index contributed by atoms with van der Waals surface area (Å²) in [7, 11) is 1.52. The van der Waals surface area contributed by atoms with Crippen LogP contribution in [0.25, 0.3) is 0 Å².